The predicted molar refractivity (Wildman–Crippen MR) is 108 cm³/mol. The second-order valence-electron chi connectivity index (χ2n) is 6.51. The number of piperidine rings is 1. The van der Waals surface area contributed by atoms with E-state index in [4.69, 9.17) is 21.1 Å². The van der Waals surface area contributed by atoms with E-state index in [2.05, 4.69) is 17.0 Å². The molecule has 0 amide bonds. The zero-order valence-electron chi connectivity index (χ0n) is 15.7. The molecule has 0 atom stereocenters. The average Bonchev–Trinajstić information content (AvgIpc) is 2.67. The summed E-state index contributed by atoms with van der Waals surface area (Å²) in [4.78, 5) is 14.7. The van der Waals surface area contributed by atoms with E-state index >= 15 is 0 Å². The summed E-state index contributed by atoms with van der Waals surface area (Å²) < 4.78 is 11.0. The summed E-state index contributed by atoms with van der Waals surface area (Å²) in [5.74, 6) is 1.29. The van der Waals surface area contributed by atoms with Gasteiger partial charge in [-0.2, -0.15) is 0 Å². The SMILES string of the molecule is CCOc1c(Cl)cc(/C=C2\CN(Cc3ccccc3)CCC2=O)cc1OC. The van der Waals surface area contributed by atoms with Crippen LogP contribution in [0.4, 0.5) is 0 Å². The van der Waals surface area contributed by atoms with Gasteiger partial charge in [0, 0.05) is 31.6 Å². The lowest BCUT2D eigenvalue weighted by Gasteiger charge is -2.28. The number of Topliss-reactive ketones (excluding diaryl/α,β-unsaturated/α-hetero) is 1. The normalized spacial score (nSPS) is 16.6. The Hall–Kier alpha value is -2.30. The molecule has 0 radical (unpaired) electrons. The lowest BCUT2D eigenvalue weighted by Crippen LogP contribution is -2.35. The summed E-state index contributed by atoms with van der Waals surface area (Å²) in [5.41, 5.74) is 2.88. The Bertz CT molecular complexity index is 833. The number of ketones is 1. The predicted octanol–water partition coefficient (Wildman–Crippen LogP) is 4.61. The number of rotatable bonds is 6. The van der Waals surface area contributed by atoms with Gasteiger partial charge < -0.3 is 9.47 Å². The summed E-state index contributed by atoms with van der Waals surface area (Å²) >= 11 is 6.35. The van der Waals surface area contributed by atoms with Crippen LogP contribution in [0.3, 0.4) is 0 Å². The molecular weight excluding hydrogens is 362 g/mol. The van der Waals surface area contributed by atoms with Crippen LogP contribution in [0.2, 0.25) is 5.02 Å². The molecule has 1 saturated heterocycles. The summed E-state index contributed by atoms with van der Waals surface area (Å²) in [6.45, 7) is 4.63. The molecule has 1 aliphatic heterocycles. The Labute approximate surface area is 165 Å². The van der Waals surface area contributed by atoms with E-state index in [0.717, 1.165) is 24.2 Å². The highest BCUT2D eigenvalue weighted by molar-refractivity contribution is 6.32. The number of carbonyl (C=O) groups excluding carboxylic acids is 1. The van der Waals surface area contributed by atoms with Gasteiger partial charge in [-0.05, 0) is 36.3 Å². The molecular formula is C22H24ClNO3. The third kappa shape index (κ3) is 4.90. The Morgan fingerprint density at radius 2 is 2.00 bits per heavy atom. The van der Waals surface area contributed by atoms with E-state index in [0.29, 0.717) is 36.1 Å². The molecule has 4 nitrogen and oxygen atoms in total. The molecule has 0 aromatic heterocycles. The Morgan fingerprint density at radius 1 is 1.22 bits per heavy atom. The number of likely N-dealkylation sites (tertiary alicyclic amines) is 1. The Kier molecular flexibility index (Phi) is 6.54. The summed E-state index contributed by atoms with van der Waals surface area (Å²) in [6.07, 6.45) is 2.43. The minimum absolute atomic E-state index is 0.184. The van der Waals surface area contributed by atoms with Gasteiger partial charge in [0.1, 0.15) is 0 Å². The van der Waals surface area contributed by atoms with Gasteiger partial charge in [0.05, 0.1) is 18.7 Å². The molecule has 0 saturated carbocycles. The molecule has 3 rings (SSSR count). The fourth-order valence-corrected chi connectivity index (χ4v) is 3.51. The third-order valence-corrected chi connectivity index (χ3v) is 4.82. The van der Waals surface area contributed by atoms with Gasteiger partial charge in [0.15, 0.2) is 17.3 Å². The van der Waals surface area contributed by atoms with Crippen molar-refractivity contribution in [2.75, 3.05) is 26.8 Å². The second kappa shape index (κ2) is 9.07. The molecule has 142 valence electrons. The molecule has 27 heavy (non-hydrogen) atoms. The maximum Gasteiger partial charge on any atom is 0.179 e. The summed E-state index contributed by atoms with van der Waals surface area (Å²) in [5, 5.41) is 0.479. The second-order valence-corrected chi connectivity index (χ2v) is 6.91. The van der Waals surface area contributed by atoms with Gasteiger partial charge in [-0.3, -0.25) is 9.69 Å². The van der Waals surface area contributed by atoms with Crippen molar-refractivity contribution in [1.82, 2.24) is 4.90 Å². The van der Waals surface area contributed by atoms with Crippen molar-refractivity contribution in [3.05, 3.63) is 64.2 Å². The lowest BCUT2D eigenvalue weighted by molar-refractivity contribution is -0.117. The van der Waals surface area contributed by atoms with Crippen molar-refractivity contribution >= 4 is 23.5 Å². The summed E-state index contributed by atoms with van der Waals surface area (Å²) in [6, 6.07) is 14.0. The van der Waals surface area contributed by atoms with Crippen LogP contribution in [-0.4, -0.2) is 37.5 Å². The van der Waals surface area contributed by atoms with Crippen LogP contribution in [0.15, 0.2) is 48.0 Å². The van der Waals surface area contributed by atoms with E-state index in [9.17, 15) is 4.79 Å². The molecule has 1 aliphatic rings. The quantitative estimate of drug-likeness (QED) is 0.681. The molecule has 5 heteroatoms. The van der Waals surface area contributed by atoms with Gasteiger partial charge in [0.2, 0.25) is 0 Å². The number of ether oxygens (including phenoxy) is 2. The summed E-state index contributed by atoms with van der Waals surface area (Å²) in [7, 11) is 1.58. The minimum Gasteiger partial charge on any atom is -0.493 e. The molecule has 1 heterocycles. The number of halogens is 1. The molecule has 0 bridgehead atoms. The maximum atomic E-state index is 12.4. The minimum atomic E-state index is 0.184. The number of nitrogens with zero attached hydrogens (tertiary/aromatic N) is 1. The van der Waals surface area contributed by atoms with Crippen LogP contribution in [0.1, 0.15) is 24.5 Å². The van der Waals surface area contributed by atoms with Crippen molar-refractivity contribution in [3.63, 3.8) is 0 Å². The van der Waals surface area contributed by atoms with E-state index in [1.165, 1.54) is 5.56 Å². The molecule has 1 fully saturated rings. The molecule has 2 aromatic rings. The zero-order chi connectivity index (χ0) is 19.2. The molecule has 0 N–H and O–H groups in total. The van der Waals surface area contributed by atoms with Gasteiger partial charge in [0.25, 0.3) is 0 Å². The lowest BCUT2D eigenvalue weighted by atomic mass is 9.99. The van der Waals surface area contributed by atoms with Crippen LogP contribution < -0.4 is 9.47 Å². The topological polar surface area (TPSA) is 38.8 Å². The molecule has 2 aromatic carbocycles. The van der Waals surface area contributed by atoms with Crippen molar-refractivity contribution in [3.8, 4) is 11.5 Å². The van der Waals surface area contributed by atoms with E-state index < -0.39 is 0 Å². The Balaban J connectivity index is 1.82. The number of methoxy groups -OCH3 is 1. The fraction of sp³-hybridized carbons (Fsp3) is 0.318. The molecule has 0 spiro atoms. The highest BCUT2D eigenvalue weighted by atomic mass is 35.5. The smallest absolute Gasteiger partial charge is 0.179 e. The number of hydrogen-bond acceptors (Lipinski definition) is 4. The standard InChI is InChI=1S/C22H24ClNO3/c1-3-27-22-19(23)12-17(13-21(22)26-2)11-18-15-24(10-9-20(18)25)14-16-7-5-4-6-8-16/h4-8,11-13H,3,9-10,14-15H2,1-2H3/b18-11+. The van der Waals surface area contributed by atoms with E-state index in [1.54, 1.807) is 7.11 Å². The van der Waals surface area contributed by atoms with Gasteiger partial charge in [-0.1, -0.05) is 41.9 Å². The van der Waals surface area contributed by atoms with Crippen LogP contribution in [0.5, 0.6) is 11.5 Å². The van der Waals surface area contributed by atoms with Crippen LogP contribution in [0, 0.1) is 0 Å². The van der Waals surface area contributed by atoms with E-state index in [1.807, 2.05) is 43.3 Å². The first-order valence-electron chi connectivity index (χ1n) is 9.11. The van der Waals surface area contributed by atoms with Gasteiger partial charge >= 0.3 is 0 Å². The van der Waals surface area contributed by atoms with Crippen molar-refractivity contribution in [2.45, 2.75) is 19.9 Å². The Morgan fingerprint density at radius 3 is 2.70 bits per heavy atom. The number of benzene rings is 2. The van der Waals surface area contributed by atoms with Crippen LogP contribution >= 0.6 is 11.6 Å². The zero-order valence-corrected chi connectivity index (χ0v) is 16.5. The fourth-order valence-electron chi connectivity index (χ4n) is 3.24. The van der Waals surface area contributed by atoms with Crippen LogP contribution in [0.25, 0.3) is 6.08 Å². The highest BCUT2D eigenvalue weighted by Gasteiger charge is 2.22. The van der Waals surface area contributed by atoms with Gasteiger partial charge in [-0.25, -0.2) is 0 Å². The largest absolute Gasteiger partial charge is 0.493 e. The van der Waals surface area contributed by atoms with Crippen molar-refractivity contribution in [1.29, 1.82) is 0 Å². The number of carbonyl (C=O) groups is 1. The third-order valence-electron chi connectivity index (χ3n) is 4.54. The highest BCUT2D eigenvalue weighted by Crippen LogP contribution is 2.37. The van der Waals surface area contributed by atoms with Crippen molar-refractivity contribution in [2.24, 2.45) is 0 Å². The van der Waals surface area contributed by atoms with Crippen LogP contribution in [-0.2, 0) is 11.3 Å². The first kappa shape index (κ1) is 19.5. The number of hydrogen-bond donors (Lipinski definition) is 0. The molecule has 0 unspecified atom stereocenters. The first-order valence-corrected chi connectivity index (χ1v) is 9.49. The maximum absolute atomic E-state index is 12.4. The molecule has 0 aliphatic carbocycles. The van der Waals surface area contributed by atoms with Crippen molar-refractivity contribution < 1.29 is 14.3 Å². The average molecular weight is 386 g/mol. The van der Waals surface area contributed by atoms with E-state index in [-0.39, 0.29) is 5.78 Å². The monoisotopic (exact) mass is 385 g/mol. The first-order chi connectivity index (χ1) is 13.1. The van der Waals surface area contributed by atoms with Gasteiger partial charge in [-0.15, -0.1) is 0 Å².